The lowest BCUT2D eigenvalue weighted by Gasteiger charge is -2.33. The highest BCUT2D eigenvalue weighted by Crippen LogP contribution is 2.50. The molecule has 0 aromatic carbocycles. The van der Waals surface area contributed by atoms with Crippen molar-refractivity contribution in [3.8, 4) is 11.9 Å². The zero-order valence-corrected chi connectivity index (χ0v) is 23.6. The predicted octanol–water partition coefficient (Wildman–Crippen LogP) is 3.44. The van der Waals surface area contributed by atoms with E-state index >= 15 is 0 Å². The summed E-state index contributed by atoms with van der Waals surface area (Å²) in [5.41, 5.74) is 3.25. The summed E-state index contributed by atoms with van der Waals surface area (Å²) in [5, 5.41) is 12.5. The van der Waals surface area contributed by atoms with Gasteiger partial charge in [0.25, 0.3) is 0 Å². The molecule has 2 aliphatic heterocycles. The summed E-state index contributed by atoms with van der Waals surface area (Å²) in [7, 11) is 3.50. The van der Waals surface area contributed by atoms with Gasteiger partial charge in [-0.3, -0.25) is 19.9 Å². The third-order valence-electron chi connectivity index (χ3n) is 7.95. The Balaban J connectivity index is 1.32. The van der Waals surface area contributed by atoms with Crippen LogP contribution in [0, 0.1) is 11.3 Å². The molecule has 1 saturated carbocycles. The molecule has 2 aromatic heterocycles. The summed E-state index contributed by atoms with van der Waals surface area (Å²) in [6.07, 6.45) is 9.47. The molecule has 3 aliphatic rings. The number of aryl methyl sites for hydroxylation is 2. The van der Waals surface area contributed by atoms with Gasteiger partial charge in [-0.15, -0.1) is 0 Å². The predicted molar refractivity (Wildman–Crippen MR) is 151 cm³/mol. The highest BCUT2D eigenvalue weighted by Gasteiger charge is 2.41. The number of nitrogens with zero attached hydrogens (tertiary/aromatic N) is 6. The van der Waals surface area contributed by atoms with Crippen molar-refractivity contribution in [3.05, 3.63) is 40.6 Å². The number of nitrogens with one attached hydrogen (secondary N) is 1. The van der Waals surface area contributed by atoms with Crippen LogP contribution in [0.5, 0.6) is 5.88 Å². The number of piperazine rings is 1. The van der Waals surface area contributed by atoms with Gasteiger partial charge in [-0.05, 0) is 75.1 Å². The maximum absolute atomic E-state index is 13.4. The van der Waals surface area contributed by atoms with E-state index in [2.05, 4.69) is 22.6 Å². The average molecular weight is 550 g/mol. The third-order valence-corrected chi connectivity index (χ3v) is 9.42. The number of amides is 3. The Kier molecular flexibility index (Phi) is 7.96. The van der Waals surface area contributed by atoms with Crippen LogP contribution in [-0.2, 0) is 24.2 Å². The lowest BCUT2D eigenvalue weighted by atomic mass is 10.0. The van der Waals surface area contributed by atoms with Gasteiger partial charge in [0.2, 0.25) is 11.8 Å². The molecule has 1 saturated heterocycles. The van der Waals surface area contributed by atoms with Crippen molar-refractivity contribution >= 4 is 35.3 Å². The van der Waals surface area contributed by atoms with Crippen LogP contribution >= 0.6 is 11.8 Å². The van der Waals surface area contributed by atoms with Crippen molar-refractivity contribution in [1.29, 1.82) is 5.26 Å². The zero-order chi connectivity index (χ0) is 27.6. The van der Waals surface area contributed by atoms with Crippen LogP contribution in [0.2, 0.25) is 0 Å². The molecule has 0 bridgehead atoms. The molecule has 1 aliphatic carbocycles. The first-order valence-corrected chi connectivity index (χ1v) is 14.6. The molecule has 0 atom stereocenters. The summed E-state index contributed by atoms with van der Waals surface area (Å²) in [6.45, 7) is 2.83. The number of methoxy groups -OCH3 is 1. The first kappa shape index (κ1) is 27.2. The molecule has 11 heteroatoms. The van der Waals surface area contributed by atoms with Crippen LogP contribution in [0.25, 0.3) is 0 Å². The van der Waals surface area contributed by atoms with Crippen molar-refractivity contribution in [2.75, 3.05) is 56.8 Å². The maximum atomic E-state index is 13.4. The Labute approximate surface area is 233 Å². The number of anilines is 2. The Morgan fingerprint density at radius 1 is 1.26 bits per heavy atom. The van der Waals surface area contributed by atoms with Crippen LogP contribution < -0.4 is 15.0 Å². The molecule has 2 aromatic rings. The average Bonchev–Trinajstić information content (AvgIpc) is 3.73. The number of hydrogen-bond donors (Lipinski definition) is 1. The molecule has 2 fully saturated rings. The second-order valence-corrected chi connectivity index (χ2v) is 11.9. The van der Waals surface area contributed by atoms with E-state index in [1.54, 1.807) is 18.2 Å². The fraction of sp³-hybridized carbons (Fsp3) is 0.536. The van der Waals surface area contributed by atoms with E-state index in [1.807, 2.05) is 40.7 Å². The molecule has 39 heavy (non-hydrogen) atoms. The van der Waals surface area contributed by atoms with E-state index in [0.717, 1.165) is 48.9 Å². The number of urea groups is 1. The van der Waals surface area contributed by atoms with Crippen molar-refractivity contribution in [1.82, 2.24) is 19.8 Å². The standard InChI is InChI=1S/C28H35N7O3S/c1-33-11-12-34(24(36)18-33)17-21-13-20-5-4-10-35(25(20)32-26(21)38-2)27(37)31-23-14-19(22(15-29)16-30-23)6-7-28(39-3)8-9-28/h13-14,16H,4-12,17-18H2,1-3H3,(H,30,31,37). The number of carbonyl (C=O) groups is 2. The second-order valence-electron chi connectivity index (χ2n) is 10.6. The van der Waals surface area contributed by atoms with E-state index in [9.17, 15) is 14.9 Å². The normalized spacial score (nSPS) is 18.4. The highest BCUT2D eigenvalue weighted by atomic mass is 32.2. The molecule has 0 unspecified atom stereocenters. The van der Waals surface area contributed by atoms with E-state index < -0.39 is 0 Å². The summed E-state index contributed by atoms with van der Waals surface area (Å²) in [4.78, 5) is 40.5. The monoisotopic (exact) mass is 549 g/mol. The van der Waals surface area contributed by atoms with E-state index in [-0.39, 0.29) is 11.9 Å². The number of thioether (sulfide) groups is 1. The Bertz CT molecular complexity index is 1310. The van der Waals surface area contributed by atoms with Crippen molar-refractivity contribution in [3.63, 3.8) is 0 Å². The van der Waals surface area contributed by atoms with Gasteiger partial charge in [0, 0.05) is 36.1 Å². The summed E-state index contributed by atoms with van der Waals surface area (Å²) in [5.74, 6) is 1.49. The second kappa shape index (κ2) is 11.4. The molecule has 4 heterocycles. The maximum Gasteiger partial charge on any atom is 0.328 e. The van der Waals surface area contributed by atoms with Crippen LogP contribution in [0.3, 0.4) is 0 Å². The minimum atomic E-state index is -0.321. The fourth-order valence-electron chi connectivity index (χ4n) is 5.32. The van der Waals surface area contributed by atoms with Crippen molar-refractivity contribution < 1.29 is 14.3 Å². The van der Waals surface area contributed by atoms with E-state index in [1.165, 1.54) is 12.8 Å². The van der Waals surface area contributed by atoms with Crippen LogP contribution in [0.1, 0.15) is 47.9 Å². The molecule has 0 radical (unpaired) electrons. The number of rotatable bonds is 8. The van der Waals surface area contributed by atoms with Crippen molar-refractivity contribution in [2.24, 2.45) is 0 Å². The van der Waals surface area contributed by atoms with Gasteiger partial charge in [0.15, 0.2) is 0 Å². The molecule has 206 valence electrons. The first-order valence-electron chi connectivity index (χ1n) is 13.4. The number of likely N-dealkylation sites (N-methyl/N-ethyl adjacent to an activating group) is 1. The Morgan fingerprint density at radius 2 is 2.08 bits per heavy atom. The molecule has 3 amide bonds. The number of pyridine rings is 2. The van der Waals surface area contributed by atoms with Crippen LogP contribution in [0.4, 0.5) is 16.4 Å². The highest BCUT2D eigenvalue weighted by molar-refractivity contribution is 8.00. The largest absolute Gasteiger partial charge is 0.481 e. The van der Waals surface area contributed by atoms with Gasteiger partial charge in [-0.25, -0.2) is 9.78 Å². The molecular weight excluding hydrogens is 514 g/mol. The van der Waals surface area contributed by atoms with E-state index in [4.69, 9.17) is 9.72 Å². The SMILES string of the molecule is COc1nc2c(cc1CN1CCN(C)CC1=O)CCCN2C(=O)Nc1cc(CCC2(SC)CC2)c(C#N)cn1. The van der Waals surface area contributed by atoms with Crippen LogP contribution in [0.15, 0.2) is 18.3 Å². The van der Waals surface area contributed by atoms with Gasteiger partial charge in [0.05, 0.1) is 25.8 Å². The topological polar surface area (TPSA) is 115 Å². The number of fused-ring (bicyclic) bond motifs is 1. The lowest BCUT2D eigenvalue weighted by Crippen LogP contribution is -2.48. The minimum Gasteiger partial charge on any atom is -0.481 e. The lowest BCUT2D eigenvalue weighted by molar-refractivity contribution is -0.136. The fourth-order valence-corrected chi connectivity index (χ4v) is 6.14. The number of nitriles is 1. The summed E-state index contributed by atoms with van der Waals surface area (Å²) < 4.78 is 5.93. The molecule has 10 nitrogen and oxygen atoms in total. The number of ether oxygens (including phenoxy) is 1. The van der Waals surface area contributed by atoms with Gasteiger partial charge in [-0.2, -0.15) is 22.0 Å². The van der Waals surface area contributed by atoms with Crippen LogP contribution in [-0.4, -0.2) is 83.0 Å². The minimum absolute atomic E-state index is 0.0829. The van der Waals surface area contributed by atoms with E-state index in [0.29, 0.717) is 54.0 Å². The quantitative estimate of drug-likeness (QED) is 0.533. The summed E-state index contributed by atoms with van der Waals surface area (Å²) >= 11 is 1.90. The Hall–Kier alpha value is -3.36. The van der Waals surface area contributed by atoms with Gasteiger partial charge >= 0.3 is 6.03 Å². The van der Waals surface area contributed by atoms with Gasteiger partial charge in [-0.1, -0.05) is 0 Å². The molecule has 1 N–H and O–H groups in total. The smallest absolute Gasteiger partial charge is 0.328 e. The number of aromatic nitrogens is 2. The number of carbonyl (C=O) groups excluding carboxylic acids is 2. The van der Waals surface area contributed by atoms with Crippen molar-refractivity contribution in [2.45, 2.75) is 49.8 Å². The molecule has 5 rings (SSSR count). The molecule has 0 spiro atoms. The van der Waals surface area contributed by atoms with Gasteiger partial charge in [0.1, 0.15) is 17.7 Å². The summed E-state index contributed by atoms with van der Waals surface area (Å²) in [6, 6.07) is 5.75. The molecular formula is C28H35N7O3S. The Morgan fingerprint density at radius 3 is 2.77 bits per heavy atom. The zero-order valence-electron chi connectivity index (χ0n) is 22.8. The number of hydrogen-bond acceptors (Lipinski definition) is 8. The third kappa shape index (κ3) is 5.97. The van der Waals surface area contributed by atoms with Gasteiger partial charge < -0.3 is 9.64 Å². The first-order chi connectivity index (χ1) is 18.8.